The van der Waals surface area contributed by atoms with Gasteiger partial charge in [0.05, 0.1) is 0 Å². The van der Waals surface area contributed by atoms with Crippen LogP contribution < -0.4 is 0 Å². The van der Waals surface area contributed by atoms with Crippen molar-refractivity contribution < 1.29 is 0 Å². The Morgan fingerprint density at radius 1 is 0.308 bits per heavy atom. The van der Waals surface area contributed by atoms with Gasteiger partial charge in [0.25, 0.3) is 0 Å². The van der Waals surface area contributed by atoms with Crippen molar-refractivity contribution in [1.82, 2.24) is 0 Å². The summed E-state index contributed by atoms with van der Waals surface area (Å²) in [5.41, 5.74) is 9.00. The Labute approximate surface area is 309 Å². The lowest BCUT2D eigenvalue weighted by molar-refractivity contribution is 1.66. The summed E-state index contributed by atoms with van der Waals surface area (Å²) in [5, 5.41) is 11.7. The molecule has 52 heavy (non-hydrogen) atoms. The van der Waals surface area contributed by atoms with Crippen LogP contribution in [0.5, 0.6) is 0 Å². The Morgan fingerprint density at radius 3 is 1.60 bits per heavy atom. The molecule has 11 rings (SSSR count). The molecule has 0 aliphatic carbocycles. The molecule has 0 saturated heterocycles. The Bertz CT molecular complexity index is 3100. The molecule has 0 aliphatic rings. The quantitative estimate of drug-likeness (QED) is 0.161. The van der Waals surface area contributed by atoms with E-state index in [4.69, 9.17) is 0 Å². The minimum absolute atomic E-state index is 1.26. The summed E-state index contributed by atoms with van der Waals surface area (Å²) >= 11 is 3.84. The van der Waals surface area contributed by atoms with E-state index in [1.807, 2.05) is 22.7 Å². The highest BCUT2D eigenvalue weighted by molar-refractivity contribution is 7.28. The van der Waals surface area contributed by atoms with Gasteiger partial charge < -0.3 is 0 Å². The van der Waals surface area contributed by atoms with Gasteiger partial charge in [-0.2, -0.15) is 0 Å². The van der Waals surface area contributed by atoms with Crippen LogP contribution in [0.2, 0.25) is 0 Å². The van der Waals surface area contributed by atoms with Crippen LogP contribution in [0.25, 0.3) is 106 Å². The van der Waals surface area contributed by atoms with Gasteiger partial charge in [-0.3, -0.25) is 0 Å². The summed E-state index contributed by atoms with van der Waals surface area (Å²) in [4.78, 5) is 1.33. The standard InChI is InChI=1S/C50H30S2/c1-3-15-32(16-4-1)46-42-28-29-43-48(50(42)52-49(46)33-17-5-2-6-18-33)41-27-26-34(30-44(41)51-43)45-37-21-9-11-23-39(37)47(40-24-12-10-22-38(40)45)36-25-13-19-31-14-7-8-20-35(31)36/h1-30H. The third-order valence-corrected chi connectivity index (χ3v) is 13.1. The average molecular weight is 695 g/mol. The Balaban J connectivity index is 1.17. The molecule has 0 saturated carbocycles. The van der Waals surface area contributed by atoms with Gasteiger partial charge in [0, 0.05) is 40.7 Å². The van der Waals surface area contributed by atoms with Crippen molar-refractivity contribution >= 4 is 85.2 Å². The monoisotopic (exact) mass is 694 g/mol. The van der Waals surface area contributed by atoms with Crippen molar-refractivity contribution in [2.24, 2.45) is 0 Å². The molecule has 2 heteroatoms. The van der Waals surface area contributed by atoms with Gasteiger partial charge in [0.2, 0.25) is 0 Å². The molecule has 0 unspecified atom stereocenters. The lowest BCUT2D eigenvalue weighted by Gasteiger charge is -2.18. The summed E-state index contributed by atoms with van der Waals surface area (Å²) in [6.45, 7) is 0. The van der Waals surface area contributed by atoms with E-state index in [0.29, 0.717) is 0 Å². The largest absolute Gasteiger partial charge is 0.135 e. The highest BCUT2D eigenvalue weighted by atomic mass is 32.1. The van der Waals surface area contributed by atoms with Crippen molar-refractivity contribution in [3.63, 3.8) is 0 Å². The first kappa shape index (κ1) is 29.6. The first-order valence-electron chi connectivity index (χ1n) is 17.8. The number of hydrogen-bond acceptors (Lipinski definition) is 2. The smallest absolute Gasteiger partial charge is 0.0449 e. The predicted molar refractivity (Wildman–Crippen MR) is 229 cm³/mol. The summed E-state index contributed by atoms with van der Waals surface area (Å²) in [5.74, 6) is 0. The maximum Gasteiger partial charge on any atom is 0.0449 e. The van der Waals surface area contributed by atoms with Crippen LogP contribution in [0.1, 0.15) is 0 Å². The summed E-state index contributed by atoms with van der Waals surface area (Å²) < 4.78 is 4.02. The molecule has 2 heterocycles. The van der Waals surface area contributed by atoms with E-state index in [1.54, 1.807) is 0 Å². The maximum absolute atomic E-state index is 2.45. The Hall–Kier alpha value is -6.06. The van der Waals surface area contributed by atoms with Crippen LogP contribution in [0.4, 0.5) is 0 Å². The van der Waals surface area contributed by atoms with Crippen molar-refractivity contribution in [2.45, 2.75) is 0 Å². The van der Waals surface area contributed by atoms with E-state index in [-0.39, 0.29) is 0 Å². The van der Waals surface area contributed by atoms with Gasteiger partial charge in [-0.1, -0.05) is 170 Å². The minimum atomic E-state index is 1.26. The van der Waals surface area contributed by atoms with Gasteiger partial charge in [0.15, 0.2) is 0 Å². The SMILES string of the molecule is c1ccc(-c2sc3c(ccc4sc5cc(-c6c7ccccc7c(-c7cccc8ccccc78)c7ccccc67)ccc5c43)c2-c2ccccc2)cc1. The number of thiophene rings is 2. The van der Waals surface area contributed by atoms with Gasteiger partial charge in [0.1, 0.15) is 0 Å². The third-order valence-electron chi connectivity index (χ3n) is 10.7. The zero-order valence-electron chi connectivity index (χ0n) is 28.1. The number of hydrogen-bond donors (Lipinski definition) is 0. The van der Waals surface area contributed by atoms with E-state index in [1.165, 1.54) is 106 Å². The van der Waals surface area contributed by atoms with Crippen LogP contribution in [0.15, 0.2) is 182 Å². The normalized spacial score (nSPS) is 11.8. The van der Waals surface area contributed by atoms with Crippen LogP contribution in [0, 0.1) is 0 Å². The van der Waals surface area contributed by atoms with Crippen molar-refractivity contribution in [3.05, 3.63) is 182 Å². The molecule has 0 fully saturated rings. The molecule has 0 nitrogen and oxygen atoms in total. The van der Waals surface area contributed by atoms with Gasteiger partial charge in [-0.25, -0.2) is 0 Å². The first-order chi connectivity index (χ1) is 25.8. The fraction of sp³-hybridized carbons (Fsp3) is 0. The van der Waals surface area contributed by atoms with Crippen LogP contribution in [0.3, 0.4) is 0 Å². The molecule has 0 amide bonds. The highest BCUT2D eigenvalue weighted by Gasteiger charge is 2.21. The summed E-state index contributed by atoms with van der Waals surface area (Å²) in [6, 6.07) is 67.1. The van der Waals surface area contributed by atoms with Gasteiger partial charge >= 0.3 is 0 Å². The molecule has 0 radical (unpaired) electrons. The van der Waals surface area contributed by atoms with E-state index < -0.39 is 0 Å². The fourth-order valence-electron chi connectivity index (χ4n) is 8.43. The molecule has 242 valence electrons. The van der Waals surface area contributed by atoms with Gasteiger partial charge in [-0.15, -0.1) is 22.7 Å². The van der Waals surface area contributed by atoms with Crippen LogP contribution in [-0.2, 0) is 0 Å². The second-order valence-electron chi connectivity index (χ2n) is 13.5. The zero-order valence-corrected chi connectivity index (χ0v) is 29.8. The topological polar surface area (TPSA) is 0 Å². The summed E-state index contributed by atoms with van der Waals surface area (Å²) in [7, 11) is 0. The second kappa shape index (κ2) is 11.7. The second-order valence-corrected chi connectivity index (χ2v) is 15.6. The molecule has 0 N–H and O–H groups in total. The van der Waals surface area contributed by atoms with Crippen molar-refractivity contribution in [2.75, 3.05) is 0 Å². The van der Waals surface area contributed by atoms with E-state index in [0.717, 1.165) is 0 Å². The van der Waals surface area contributed by atoms with Crippen molar-refractivity contribution in [1.29, 1.82) is 0 Å². The molecular weight excluding hydrogens is 665 g/mol. The maximum atomic E-state index is 2.45. The summed E-state index contributed by atoms with van der Waals surface area (Å²) in [6.07, 6.45) is 0. The van der Waals surface area contributed by atoms with E-state index in [9.17, 15) is 0 Å². The third kappa shape index (κ3) is 4.45. The lowest BCUT2D eigenvalue weighted by atomic mass is 9.84. The first-order valence-corrected chi connectivity index (χ1v) is 19.4. The molecule has 11 aromatic rings. The number of fused-ring (bicyclic) bond motifs is 8. The molecule has 2 aromatic heterocycles. The van der Waals surface area contributed by atoms with Crippen LogP contribution >= 0.6 is 22.7 Å². The minimum Gasteiger partial charge on any atom is -0.135 e. The Kier molecular flexibility index (Phi) is 6.70. The zero-order chi connectivity index (χ0) is 34.2. The average Bonchev–Trinajstić information content (AvgIpc) is 3.79. The number of benzene rings is 9. The lowest BCUT2D eigenvalue weighted by Crippen LogP contribution is -1.91. The van der Waals surface area contributed by atoms with E-state index in [2.05, 4.69) is 182 Å². The molecule has 0 spiro atoms. The highest BCUT2D eigenvalue weighted by Crippen LogP contribution is 2.51. The van der Waals surface area contributed by atoms with Gasteiger partial charge in [-0.05, 0) is 77.8 Å². The number of rotatable bonds is 4. The van der Waals surface area contributed by atoms with Crippen molar-refractivity contribution in [3.8, 4) is 43.8 Å². The molecule has 0 bridgehead atoms. The Morgan fingerprint density at radius 2 is 0.885 bits per heavy atom. The fourth-order valence-corrected chi connectivity index (χ4v) is 11.0. The van der Waals surface area contributed by atoms with E-state index >= 15 is 0 Å². The molecule has 0 aliphatic heterocycles. The molecule has 9 aromatic carbocycles. The van der Waals surface area contributed by atoms with Crippen LogP contribution in [-0.4, -0.2) is 0 Å². The molecular formula is C50H30S2. The predicted octanol–water partition coefficient (Wildman–Crippen LogP) is 15.4. The molecule has 0 atom stereocenters.